The van der Waals surface area contributed by atoms with Crippen LogP contribution < -0.4 is 10.6 Å². The number of hydrogen-bond donors (Lipinski definition) is 3. The molecule has 1 aromatic carbocycles. The smallest absolute Gasteiger partial charge is 0.325 e. The molecule has 0 unspecified atom stereocenters. The summed E-state index contributed by atoms with van der Waals surface area (Å²) in [5.74, 6) is -1.07. The molecule has 2 amide bonds. The molecular weight excluding hydrogens is 323 g/mol. The van der Waals surface area contributed by atoms with Crippen molar-refractivity contribution in [2.45, 2.75) is 13.0 Å². The number of carbonyl (C=O) groups excluding carboxylic acids is 1. The summed E-state index contributed by atoms with van der Waals surface area (Å²) >= 11 is 2.15. The maximum Gasteiger partial charge on any atom is 0.325 e. The number of rotatable bonds is 3. The van der Waals surface area contributed by atoms with Crippen molar-refractivity contribution >= 4 is 40.3 Å². The van der Waals surface area contributed by atoms with E-state index >= 15 is 0 Å². The van der Waals surface area contributed by atoms with Crippen LogP contribution >= 0.6 is 22.6 Å². The summed E-state index contributed by atoms with van der Waals surface area (Å²) in [6.07, 6.45) is 0. The van der Waals surface area contributed by atoms with Crippen LogP contribution in [-0.4, -0.2) is 23.1 Å². The zero-order valence-electron chi connectivity index (χ0n) is 8.53. The minimum absolute atomic E-state index is 0.531. The molecule has 0 aliphatic heterocycles. The SMILES string of the molecule is C[C@@H](NC(=O)Nc1ccc(I)cc1)C(=O)O. The molecule has 5 nitrogen and oxygen atoms in total. The predicted molar refractivity (Wildman–Crippen MR) is 68.4 cm³/mol. The molecular formula is C10H11IN2O3. The second-order valence-electron chi connectivity index (χ2n) is 3.17. The van der Waals surface area contributed by atoms with Crippen molar-refractivity contribution in [2.75, 3.05) is 5.32 Å². The van der Waals surface area contributed by atoms with E-state index in [-0.39, 0.29) is 0 Å². The van der Waals surface area contributed by atoms with Gasteiger partial charge in [-0.2, -0.15) is 0 Å². The normalized spacial score (nSPS) is 11.6. The molecule has 1 atom stereocenters. The molecule has 0 bridgehead atoms. The fourth-order valence-corrected chi connectivity index (χ4v) is 1.32. The number of carbonyl (C=O) groups is 2. The standard InChI is InChI=1S/C10H11IN2O3/c1-6(9(14)15)12-10(16)13-8-4-2-7(11)3-5-8/h2-6H,1H3,(H,14,15)(H2,12,13,16)/t6-/m1/s1. The Kier molecular flexibility index (Phi) is 4.53. The van der Waals surface area contributed by atoms with Crippen molar-refractivity contribution in [3.05, 3.63) is 27.8 Å². The quantitative estimate of drug-likeness (QED) is 0.739. The van der Waals surface area contributed by atoms with E-state index in [9.17, 15) is 9.59 Å². The topological polar surface area (TPSA) is 78.4 Å². The number of amides is 2. The highest BCUT2D eigenvalue weighted by atomic mass is 127. The van der Waals surface area contributed by atoms with Crippen LogP contribution in [0.3, 0.4) is 0 Å². The van der Waals surface area contributed by atoms with Gasteiger partial charge in [-0.05, 0) is 53.8 Å². The van der Waals surface area contributed by atoms with Crippen LogP contribution in [0.5, 0.6) is 0 Å². The summed E-state index contributed by atoms with van der Waals surface area (Å²) in [4.78, 5) is 21.8. The van der Waals surface area contributed by atoms with Gasteiger partial charge in [-0.3, -0.25) is 4.79 Å². The van der Waals surface area contributed by atoms with E-state index in [1.165, 1.54) is 6.92 Å². The Morgan fingerprint density at radius 3 is 2.38 bits per heavy atom. The number of anilines is 1. The third-order valence-corrected chi connectivity index (χ3v) is 2.54. The highest BCUT2D eigenvalue weighted by Gasteiger charge is 2.13. The molecule has 1 rings (SSSR count). The maximum absolute atomic E-state index is 11.3. The van der Waals surface area contributed by atoms with Gasteiger partial charge in [-0.1, -0.05) is 0 Å². The number of aliphatic carboxylic acids is 1. The van der Waals surface area contributed by atoms with Gasteiger partial charge in [0.15, 0.2) is 0 Å². The van der Waals surface area contributed by atoms with E-state index in [2.05, 4.69) is 33.2 Å². The number of carboxylic acid groups (broad SMARTS) is 1. The Morgan fingerprint density at radius 2 is 1.88 bits per heavy atom. The Balaban J connectivity index is 2.52. The minimum atomic E-state index is -1.07. The summed E-state index contributed by atoms with van der Waals surface area (Å²) in [6.45, 7) is 1.40. The van der Waals surface area contributed by atoms with Crippen LogP contribution in [0, 0.1) is 3.57 Å². The predicted octanol–water partition coefficient (Wildman–Crippen LogP) is 1.89. The Bertz CT molecular complexity index is 392. The third-order valence-electron chi connectivity index (χ3n) is 1.82. The third kappa shape index (κ3) is 4.05. The summed E-state index contributed by atoms with van der Waals surface area (Å²) in [7, 11) is 0. The highest BCUT2D eigenvalue weighted by molar-refractivity contribution is 14.1. The van der Waals surface area contributed by atoms with E-state index in [1.54, 1.807) is 12.1 Å². The van der Waals surface area contributed by atoms with Gasteiger partial charge in [0.2, 0.25) is 0 Å². The number of benzene rings is 1. The molecule has 1 aromatic rings. The van der Waals surface area contributed by atoms with Crippen LogP contribution in [0.2, 0.25) is 0 Å². The average molecular weight is 334 g/mol. The molecule has 0 aliphatic rings. The minimum Gasteiger partial charge on any atom is -0.480 e. The molecule has 6 heteroatoms. The first kappa shape index (κ1) is 12.8. The van der Waals surface area contributed by atoms with Crippen molar-refractivity contribution in [1.29, 1.82) is 0 Å². The Hall–Kier alpha value is -1.31. The molecule has 0 aliphatic carbocycles. The van der Waals surface area contributed by atoms with Gasteiger partial charge >= 0.3 is 12.0 Å². The van der Waals surface area contributed by atoms with E-state index in [1.807, 2.05) is 12.1 Å². The lowest BCUT2D eigenvalue weighted by molar-refractivity contribution is -0.138. The lowest BCUT2D eigenvalue weighted by atomic mass is 10.3. The van der Waals surface area contributed by atoms with E-state index in [0.717, 1.165) is 3.57 Å². The van der Waals surface area contributed by atoms with Gasteiger partial charge in [0, 0.05) is 9.26 Å². The van der Waals surface area contributed by atoms with Crippen LogP contribution in [0.4, 0.5) is 10.5 Å². The second kappa shape index (κ2) is 5.69. The molecule has 86 valence electrons. The number of carboxylic acids is 1. The van der Waals surface area contributed by atoms with Crippen LogP contribution in [0.1, 0.15) is 6.92 Å². The number of halogens is 1. The van der Waals surface area contributed by atoms with E-state index in [4.69, 9.17) is 5.11 Å². The van der Waals surface area contributed by atoms with Crippen molar-refractivity contribution in [1.82, 2.24) is 5.32 Å². The zero-order chi connectivity index (χ0) is 12.1. The number of urea groups is 1. The van der Waals surface area contributed by atoms with Gasteiger partial charge in [-0.15, -0.1) is 0 Å². The monoisotopic (exact) mass is 334 g/mol. The van der Waals surface area contributed by atoms with Gasteiger partial charge in [-0.25, -0.2) is 4.79 Å². The highest BCUT2D eigenvalue weighted by Crippen LogP contribution is 2.10. The average Bonchev–Trinajstić information content (AvgIpc) is 2.21. The van der Waals surface area contributed by atoms with Crippen molar-refractivity contribution in [2.24, 2.45) is 0 Å². The lowest BCUT2D eigenvalue weighted by Crippen LogP contribution is -2.40. The van der Waals surface area contributed by atoms with Crippen molar-refractivity contribution in [3.8, 4) is 0 Å². The maximum atomic E-state index is 11.3. The van der Waals surface area contributed by atoms with Gasteiger partial charge in [0.05, 0.1) is 0 Å². The first-order valence-electron chi connectivity index (χ1n) is 4.55. The fraction of sp³-hybridized carbons (Fsp3) is 0.200. The molecule has 3 N–H and O–H groups in total. The molecule has 0 saturated carbocycles. The summed E-state index contributed by atoms with van der Waals surface area (Å²) in [5.41, 5.74) is 0.621. The second-order valence-corrected chi connectivity index (χ2v) is 4.41. The lowest BCUT2D eigenvalue weighted by Gasteiger charge is -2.10. The van der Waals surface area contributed by atoms with Gasteiger partial charge in [0.1, 0.15) is 6.04 Å². The summed E-state index contributed by atoms with van der Waals surface area (Å²) in [6, 6.07) is 5.73. The molecule has 16 heavy (non-hydrogen) atoms. The number of hydrogen-bond acceptors (Lipinski definition) is 2. The molecule has 0 fully saturated rings. The van der Waals surface area contributed by atoms with Crippen LogP contribution in [0.25, 0.3) is 0 Å². The molecule has 0 radical (unpaired) electrons. The van der Waals surface area contributed by atoms with Crippen molar-refractivity contribution < 1.29 is 14.7 Å². The Morgan fingerprint density at radius 1 is 1.31 bits per heavy atom. The molecule has 0 spiro atoms. The molecule has 0 aromatic heterocycles. The molecule has 0 saturated heterocycles. The fourth-order valence-electron chi connectivity index (χ4n) is 0.959. The summed E-state index contributed by atoms with van der Waals surface area (Å²) in [5, 5.41) is 13.4. The summed E-state index contributed by atoms with van der Waals surface area (Å²) < 4.78 is 1.06. The van der Waals surface area contributed by atoms with Gasteiger partial charge < -0.3 is 15.7 Å². The molecule has 0 heterocycles. The van der Waals surface area contributed by atoms with E-state index in [0.29, 0.717) is 5.69 Å². The van der Waals surface area contributed by atoms with E-state index < -0.39 is 18.0 Å². The zero-order valence-corrected chi connectivity index (χ0v) is 10.7. The van der Waals surface area contributed by atoms with Crippen molar-refractivity contribution in [3.63, 3.8) is 0 Å². The Labute approximate surface area is 106 Å². The van der Waals surface area contributed by atoms with Crippen LogP contribution in [-0.2, 0) is 4.79 Å². The van der Waals surface area contributed by atoms with Gasteiger partial charge in [0.25, 0.3) is 0 Å². The first-order valence-corrected chi connectivity index (χ1v) is 5.63. The number of nitrogens with one attached hydrogen (secondary N) is 2. The first-order chi connectivity index (χ1) is 7.49. The largest absolute Gasteiger partial charge is 0.480 e. The van der Waals surface area contributed by atoms with Crippen LogP contribution in [0.15, 0.2) is 24.3 Å².